The van der Waals surface area contributed by atoms with Crippen LogP contribution in [0.15, 0.2) is 12.3 Å². The molecule has 1 unspecified atom stereocenters. The van der Waals surface area contributed by atoms with Crippen LogP contribution in [0, 0.1) is 5.92 Å². The van der Waals surface area contributed by atoms with Crippen LogP contribution in [0.5, 0.6) is 0 Å². The van der Waals surface area contributed by atoms with Crippen LogP contribution < -0.4 is 5.73 Å². The molecule has 2 N–H and O–H groups in total. The highest BCUT2D eigenvalue weighted by Gasteiger charge is 2.22. The molecule has 1 saturated heterocycles. The molecule has 0 radical (unpaired) electrons. The number of aromatic nitrogens is 1. The monoisotopic (exact) mass is 263 g/mol. The van der Waals surface area contributed by atoms with E-state index in [2.05, 4.69) is 6.92 Å². The van der Waals surface area contributed by atoms with Crippen molar-refractivity contribution >= 4 is 11.6 Å². The second-order valence-corrected chi connectivity index (χ2v) is 5.65. The van der Waals surface area contributed by atoms with Crippen molar-refractivity contribution < 1.29 is 4.79 Å². The number of nitrogens with zero attached hydrogens (tertiary/aromatic N) is 2. The summed E-state index contributed by atoms with van der Waals surface area (Å²) in [6.07, 6.45) is 7.85. The van der Waals surface area contributed by atoms with Gasteiger partial charge in [-0.25, -0.2) is 0 Å². The van der Waals surface area contributed by atoms with Crippen molar-refractivity contribution in [2.45, 2.75) is 39.0 Å². The lowest BCUT2D eigenvalue weighted by Gasteiger charge is -2.20. The molecule has 0 saturated carbocycles. The summed E-state index contributed by atoms with van der Waals surface area (Å²) in [5.74, 6) is 0.914. The number of hydrogen-bond acceptors (Lipinski definition) is 2. The van der Waals surface area contributed by atoms with Crippen LogP contribution in [0.4, 0.5) is 5.69 Å². The molecule has 1 aromatic heterocycles. The highest BCUT2D eigenvalue weighted by atomic mass is 16.2. The predicted molar refractivity (Wildman–Crippen MR) is 78.0 cm³/mol. The molecule has 19 heavy (non-hydrogen) atoms. The minimum Gasteiger partial charge on any atom is -0.397 e. The summed E-state index contributed by atoms with van der Waals surface area (Å²) >= 11 is 0. The summed E-state index contributed by atoms with van der Waals surface area (Å²) in [6.45, 7) is 4.00. The van der Waals surface area contributed by atoms with E-state index in [4.69, 9.17) is 5.73 Å². The van der Waals surface area contributed by atoms with Gasteiger partial charge in [0.25, 0.3) is 5.91 Å². The average molecular weight is 263 g/mol. The van der Waals surface area contributed by atoms with Gasteiger partial charge in [0.15, 0.2) is 0 Å². The molecule has 1 amide bonds. The Morgan fingerprint density at radius 3 is 2.84 bits per heavy atom. The van der Waals surface area contributed by atoms with Crippen molar-refractivity contribution in [3.63, 3.8) is 0 Å². The van der Waals surface area contributed by atoms with Gasteiger partial charge < -0.3 is 15.2 Å². The topological polar surface area (TPSA) is 51.3 Å². The number of anilines is 1. The van der Waals surface area contributed by atoms with E-state index in [1.807, 2.05) is 16.5 Å². The lowest BCUT2D eigenvalue weighted by Crippen LogP contribution is -2.33. The molecule has 2 heterocycles. The lowest BCUT2D eigenvalue weighted by molar-refractivity contribution is 0.0750. The van der Waals surface area contributed by atoms with Gasteiger partial charge in [-0.05, 0) is 31.2 Å². The lowest BCUT2D eigenvalue weighted by atomic mass is 9.96. The largest absolute Gasteiger partial charge is 0.397 e. The first kappa shape index (κ1) is 14.0. The Morgan fingerprint density at radius 2 is 2.21 bits per heavy atom. The van der Waals surface area contributed by atoms with Crippen LogP contribution in [0.25, 0.3) is 0 Å². The van der Waals surface area contributed by atoms with Gasteiger partial charge in [-0.15, -0.1) is 0 Å². The Balaban J connectivity index is 2.02. The van der Waals surface area contributed by atoms with E-state index in [0.717, 1.165) is 31.8 Å². The van der Waals surface area contributed by atoms with E-state index in [1.54, 1.807) is 12.3 Å². The van der Waals surface area contributed by atoms with E-state index in [0.29, 0.717) is 11.4 Å². The van der Waals surface area contributed by atoms with Crippen LogP contribution in [-0.2, 0) is 7.05 Å². The van der Waals surface area contributed by atoms with Crippen molar-refractivity contribution in [2.75, 3.05) is 18.8 Å². The molecule has 2 rings (SSSR count). The van der Waals surface area contributed by atoms with Gasteiger partial charge in [-0.1, -0.05) is 19.8 Å². The molecular formula is C15H25N3O. The summed E-state index contributed by atoms with van der Waals surface area (Å²) in [5, 5.41) is 0. The average Bonchev–Trinajstić information content (AvgIpc) is 2.59. The second-order valence-electron chi connectivity index (χ2n) is 5.65. The van der Waals surface area contributed by atoms with Gasteiger partial charge in [-0.3, -0.25) is 4.79 Å². The van der Waals surface area contributed by atoms with Crippen LogP contribution in [0.3, 0.4) is 0 Å². The standard InChI is InChI=1S/C15H25N3O/c1-3-5-12-6-4-8-18(9-7-12)15(19)14-10-13(16)11-17(14)2/h10-12H,3-9,16H2,1-2H3. The van der Waals surface area contributed by atoms with Crippen molar-refractivity contribution in [3.05, 3.63) is 18.0 Å². The molecule has 1 atom stereocenters. The molecule has 1 aromatic rings. The molecule has 4 heteroatoms. The highest BCUT2D eigenvalue weighted by Crippen LogP contribution is 2.23. The molecule has 1 aliphatic rings. The molecular weight excluding hydrogens is 238 g/mol. The van der Waals surface area contributed by atoms with Crippen molar-refractivity contribution in [1.82, 2.24) is 9.47 Å². The van der Waals surface area contributed by atoms with Gasteiger partial charge in [0, 0.05) is 26.3 Å². The predicted octanol–water partition coefficient (Wildman–Crippen LogP) is 2.65. The number of rotatable bonds is 3. The molecule has 0 spiro atoms. The first-order chi connectivity index (χ1) is 9.11. The number of likely N-dealkylation sites (tertiary alicyclic amines) is 1. The number of hydrogen-bond donors (Lipinski definition) is 1. The third kappa shape index (κ3) is 3.31. The van der Waals surface area contributed by atoms with Gasteiger partial charge in [0.05, 0.1) is 5.69 Å². The third-order valence-electron chi connectivity index (χ3n) is 4.08. The molecule has 106 valence electrons. The summed E-state index contributed by atoms with van der Waals surface area (Å²) < 4.78 is 1.83. The van der Waals surface area contributed by atoms with E-state index in [9.17, 15) is 4.79 Å². The SMILES string of the molecule is CCCC1CCCN(C(=O)c2cc(N)cn2C)CC1. The van der Waals surface area contributed by atoms with Crippen molar-refractivity contribution in [1.29, 1.82) is 0 Å². The minimum absolute atomic E-state index is 0.122. The third-order valence-corrected chi connectivity index (χ3v) is 4.08. The highest BCUT2D eigenvalue weighted by molar-refractivity contribution is 5.93. The molecule has 1 fully saturated rings. The van der Waals surface area contributed by atoms with E-state index >= 15 is 0 Å². The smallest absolute Gasteiger partial charge is 0.270 e. The van der Waals surface area contributed by atoms with Gasteiger partial charge in [-0.2, -0.15) is 0 Å². The number of nitrogen functional groups attached to an aromatic ring is 1. The molecule has 0 bridgehead atoms. The fourth-order valence-electron chi connectivity index (χ4n) is 3.03. The van der Waals surface area contributed by atoms with E-state index in [-0.39, 0.29) is 5.91 Å². The van der Waals surface area contributed by atoms with Crippen LogP contribution in [0.2, 0.25) is 0 Å². The molecule has 0 aromatic carbocycles. The first-order valence-electron chi connectivity index (χ1n) is 7.33. The Hall–Kier alpha value is -1.45. The zero-order valence-electron chi connectivity index (χ0n) is 12.1. The number of nitrogens with two attached hydrogens (primary N) is 1. The Kier molecular flexibility index (Phi) is 4.51. The number of amides is 1. The minimum atomic E-state index is 0.122. The number of carbonyl (C=O) groups is 1. The molecule has 1 aliphatic heterocycles. The Morgan fingerprint density at radius 1 is 1.42 bits per heavy atom. The fourth-order valence-corrected chi connectivity index (χ4v) is 3.03. The van der Waals surface area contributed by atoms with Crippen molar-refractivity contribution in [3.8, 4) is 0 Å². The summed E-state index contributed by atoms with van der Waals surface area (Å²) in [4.78, 5) is 14.5. The van der Waals surface area contributed by atoms with Gasteiger partial charge >= 0.3 is 0 Å². The summed E-state index contributed by atoms with van der Waals surface area (Å²) in [6, 6.07) is 1.77. The Labute approximate surface area is 115 Å². The van der Waals surface area contributed by atoms with E-state index < -0.39 is 0 Å². The molecule has 4 nitrogen and oxygen atoms in total. The summed E-state index contributed by atoms with van der Waals surface area (Å²) in [5.41, 5.74) is 7.11. The maximum Gasteiger partial charge on any atom is 0.270 e. The quantitative estimate of drug-likeness (QED) is 0.911. The van der Waals surface area contributed by atoms with Crippen LogP contribution in [0.1, 0.15) is 49.5 Å². The normalized spacial score (nSPS) is 20.3. The van der Waals surface area contributed by atoms with Crippen LogP contribution in [-0.4, -0.2) is 28.5 Å². The second kappa shape index (κ2) is 6.13. The van der Waals surface area contributed by atoms with Crippen molar-refractivity contribution in [2.24, 2.45) is 13.0 Å². The zero-order chi connectivity index (χ0) is 13.8. The fraction of sp³-hybridized carbons (Fsp3) is 0.667. The van der Waals surface area contributed by atoms with Gasteiger partial charge in [0.2, 0.25) is 0 Å². The van der Waals surface area contributed by atoms with Gasteiger partial charge in [0.1, 0.15) is 5.69 Å². The first-order valence-corrected chi connectivity index (χ1v) is 7.33. The summed E-state index contributed by atoms with van der Waals surface area (Å²) in [7, 11) is 1.88. The molecule has 0 aliphatic carbocycles. The number of aryl methyl sites for hydroxylation is 1. The maximum absolute atomic E-state index is 12.5. The Bertz CT molecular complexity index is 439. The van der Waals surface area contributed by atoms with E-state index in [1.165, 1.54) is 19.3 Å². The zero-order valence-corrected chi connectivity index (χ0v) is 12.1. The maximum atomic E-state index is 12.5. The number of carbonyl (C=O) groups excluding carboxylic acids is 1. The van der Waals surface area contributed by atoms with Crippen LogP contribution >= 0.6 is 0 Å².